The van der Waals surface area contributed by atoms with Crippen molar-refractivity contribution in [2.75, 3.05) is 0 Å². The minimum Gasteiger partial charge on any atom is -0.333 e. The molecule has 21 heavy (non-hydrogen) atoms. The SMILES string of the molecule is CC(NC(=O)NCc1cccs1)c1cccc([N+](=O)[O-])c1. The van der Waals surface area contributed by atoms with Crippen LogP contribution in [0.3, 0.4) is 0 Å². The minimum absolute atomic E-state index is 0.0140. The molecule has 110 valence electrons. The van der Waals surface area contributed by atoms with E-state index in [1.807, 2.05) is 17.5 Å². The molecule has 2 aromatic rings. The molecule has 7 heteroatoms. The third-order valence-corrected chi connectivity index (χ3v) is 3.81. The number of nitro groups is 1. The third-order valence-electron chi connectivity index (χ3n) is 2.93. The molecule has 0 radical (unpaired) electrons. The number of hydrogen-bond acceptors (Lipinski definition) is 4. The third kappa shape index (κ3) is 4.28. The van der Waals surface area contributed by atoms with Crippen molar-refractivity contribution < 1.29 is 9.72 Å². The number of non-ortho nitro benzene ring substituents is 1. The maximum Gasteiger partial charge on any atom is 0.315 e. The summed E-state index contributed by atoms with van der Waals surface area (Å²) in [5.41, 5.74) is 0.704. The lowest BCUT2D eigenvalue weighted by atomic mass is 10.1. The molecule has 6 nitrogen and oxygen atoms in total. The lowest BCUT2D eigenvalue weighted by Gasteiger charge is -2.14. The summed E-state index contributed by atoms with van der Waals surface area (Å²) in [5.74, 6) is 0. The monoisotopic (exact) mass is 305 g/mol. The minimum atomic E-state index is -0.451. The summed E-state index contributed by atoms with van der Waals surface area (Å²) in [6.45, 7) is 2.24. The van der Waals surface area contributed by atoms with Crippen LogP contribution in [0.4, 0.5) is 10.5 Å². The molecule has 1 heterocycles. The van der Waals surface area contributed by atoms with Gasteiger partial charge in [0.25, 0.3) is 5.69 Å². The largest absolute Gasteiger partial charge is 0.333 e. The number of nitrogens with one attached hydrogen (secondary N) is 2. The van der Waals surface area contributed by atoms with Crippen LogP contribution in [0.1, 0.15) is 23.4 Å². The van der Waals surface area contributed by atoms with Crippen LogP contribution in [0.5, 0.6) is 0 Å². The summed E-state index contributed by atoms with van der Waals surface area (Å²) in [4.78, 5) is 23.1. The summed E-state index contributed by atoms with van der Waals surface area (Å²) in [7, 11) is 0. The molecule has 1 aromatic carbocycles. The summed E-state index contributed by atoms with van der Waals surface area (Å²) in [6, 6.07) is 9.49. The average Bonchev–Trinajstić information content (AvgIpc) is 2.98. The molecule has 0 saturated heterocycles. The number of nitrogens with zero attached hydrogens (tertiary/aromatic N) is 1. The van der Waals surface area contributed by atoms with Gasteiger partial charge in [0.15, 0.2) is 0 Å². The Balaban J connectivity index is 1.91. The van der Waals surface area contributed by atoms with E-state index in [1.54, 1.807) is 30.4 Å². The highest BCUT2D eigenvalue weighted by molar-refractivity contribution is 7.09. The molecule has 2 amide bonds. The van der Waals surface area contributed by atoms with Crippen LogP contribution in [0.25, 0.3) is 0 Å². The van der Waals surface area contributed by atoms with Crippen molar-refractivity contribution >= 4 is 23.1 Å². The Morgan fingerprint density at radius 3 is 2.86 bits per heavy atom. The van der Waals surface area contributed by atoms with Crippen molar-refractivity contribution in [1.82, 2.24) is 10.6 Å². The molecular weight excluding hydrogens is 290 g/mol. The topological polar surface area (TPSA) is 84.3 Å². The molecule has 0 aliphatic heterocycles. The molecule has 1 atom stereocenters. The first kappa shape index (κ1) is 15.0. The predicted molar refractivity (Wildman–Crippen MR) is 81.2 cm³/mol. The van der Waals surface area contributed by atoms with E-state index < -0.39 is 4.92 Å². The molecule has 2 N–H and O–H groups in total. The zero-order valence-electron chi connectivity index (χ0n) is 11.4. The highest BCUT2D eigenvalue weighted by Crippen LogP contribution is 2.18. The Morgan fingerprint density at radius 2 is 2.19 bits per heavy atom. The number of carbonyl (C=O) groups excluding carboxylic acids is 1. The Bertz CT molecular complexity index is 628. The molecular formula is C14H15N3O3S. The molecule has 0 bridgehead atoms. The fraction of sp³-hybridized carbons (Fsp3) is 0.214. The second-order valence-corrected chi connectivity index (χ2v) is 5.51. The number of thiophene rings is 1. The number of carbonyl (C=O) groups is 1. The Kier molecular flexibility index (Phi) is 4.89. The van der Waals surface area contributed by atoms with Crippen molar-refractivity contribution in [1.29, 1.82) is 0 Å². The van der Waals surface area contributed by atoms with E-state index in [4.69, 9.17) is 0 Å². The molecule has 2 rings (SSSR count). The molecule has 1 aromatic heterocycles. The van der Waals surface area contributed by atoms with Crippen LogP contribution in [0, 0.1) is 10.1 Å². The smallest absolute Gasteiger partial charge is 0.315 e. The van der Waals surface area contributed by atoms with Gasteiger partial charge >= 0.3 is 6.03 Å². The number of urea groups is 1. The van der Waals surface area contributed by atoms with Crippen molar-refractivity contribution in [3.05, 3.63) is 62.3 Å². The van der Waals surface area contributed by atoms with Crippen LogP contribution >= 0.6 is 11.3 Å². The first-order valence-electron chi connectivity index (χ1n) is 6.37. The van der Waals surface area contributed by atoms with Crippen molar-refractivity contribution in [3.63, 3.8) is 0 Å². The van der Waals surface area contributed by atoms with Gasteiger partial charge in [-0.25, -0.2) is 4.79 Å². The summed E-state index contributed by atoms with van der Waals surface area (Å²) in [5, 5.41) is 18.2. The van der Waals surface area contributed by atoms with E-state index in [9.17, 15) is 14.9 Å². The first-order chi connectivity index (χ1) is 10.1. The van der Waals surface area contributed by atoms with Crippen LogP contribution in [-0.4, -0.2) is 11.0 Å². The van der Waals surface area contributed by atoms with E-state index in [1.165, 1.54) is 12.1 Å². The van der Waals surface area contributed by atoms with E-state index in [-0.39, 0.29) is 17.8 Å². The van der Waals surface area contributed by atoms with Crippen LogP contribution in [-0.2, 0) is 6.54 Å². The lowest BCUT2D eigenvalue weighted by molar-refractivity contribution is -0.384. The van der Waals surface area contributed by atoms with Gasteiger partial charge in [0, 0.05) is 17.0 Å². The van der Waals surface area contributed by atoms with Gasteiger partial charge < -0.3 is 10.6 Å². The van der Waals surface area contributed by atoms with Gasteiger partial charge in [0.05, 0.1) is 17.5 Å². The normalized spacial score (nSPS) is 11.7. The van der Waals surface area contributed by atoms with Crippen LogP contribution in [0.2, 0.25) is 0 Å². The predicted octanol–water partition coefficient (Wildman–Crippen LogP) is 3.22. The fourth-order valence-electron chi connectivity index (χ4n) is 1.82. The molecule has 0 fully saturated rings. The second kappa shape index (κ2) is 6.85. The van der Waals surface area contributed by atoms with Crippen LogP contribution in [0.15, 0.2) is 41.8 Å². The zero-order valence-corrected chi connectivity index (χ0v) is 12.2. The Hall–Kier alpha value is -2.41. The second-order valence-electron chi connectivity index (χ2n) is 4.48. The number of hydrogen-bond donors (Lipinski definition) is 2. The number of rotatable bonds is 5. The van der Waals surface area contributed by atoms with E-state index >= 15 is 0 Å². The van der Waals surface area contributed by atoms with E-state index in [0.717, 1.165) is 4.88 Å². The molecule has 0 spiro atoms. The van der Waals surface area contributed by atoms with Gasteiger partial charge in [0.1, 0.15) is 0 Å². The van der Waals surface area contributed by atoms with Gasteiger partial charge in [-0.2, -0.15) is 0 Å². The standard InChI is InChI=1S/C14H15N3O3S/c1-10(11-4-2-5-12(8-11)17(19)20)16-14(18)15-9-13-6-3-7-21-13/h2-8,10H,9H2,1H3,(H2,15,16,18). The number of benzene rings is 1. The van der Waals surface area contributed by atoms with Gasteiger partial charge in [-0.1, -0.05) is 18.2 Å². The molecule has 0 aliphatic carbocycles. The van der Waals surface area contributed by atoms with Gasteiger partial charge in [-0.15, -0.1) is 11.3 Å². The zero-order chi connectivity index (χ0) is 15.2. The average molecular weight is 305 g/mol. The fourth-order valence-corrected chi connectivity index (χ4v) is 2.46. The first-order valence-corrected chi connectivity index (χ1v) is 7.25. The molecule has 0 saturated carbocycles. The summed E-state index contributed by atoms with van der Waals surface area (Å²) < 4.78 is 0. The van der Waals surface area contributed by atoms with E-state index in [0.29, 0.717) is 12.1 Å². The van der Waals surface area contributed by atoms with Crippen molar-refractivity contribution in [3.8, 4) is 0 Å². The van der Waals surface area contributed by atoms with Gasteiger partial charge in [-0.3, -0.25) is 10.1 Å². The molecule has 0 aliphatic rings. The van der Waals surface area contributed by atoms with Gasteiger partial charge in [-0.05, 0) is 23.9 Å². The maximum absolute atomic E-state index is 11.8. The number of nitro benzene ring substituents is 1. The number of amides is 2. The molecule has 1 unspecified atom stereocenters. The van der Waals surface area contributed by atoms with Crippen LogP contribution < -0.4 is 10.6 Å². The van der Waals surface area contributed by atoms with Crippen molar-refractivity contribution in [2.45, 2.75) is 19.5 Å². The Labute approximate surface area is 126 Å². The highest BCUT2D eigenvalue weighted by atomic mass is 32.1. The lowest BCUT2D eigenvalue weighted by Crippen LogP contribution is -2.36. The summed E-state index contributed by atoms with van der Waals surface area (Å²) >= 11 is 1.57. The van der Waals surface area contributed by atoms with Gasteiger partial charge in [0.2, 0.25) is 0 Å². The van der Waals surface area contributed by atoms with Crippen molar-refractivity contribution in [2.24, 2.45) is 0 Å². The summed E-state index contributed by atoms with van der Waals surface area (Å²) in [6.07, 6.45) is 0. The quantitative estimate of drug-likeness (QED) is 0.657. The highest BCUT2D eigenvalue weighted by Gasteiger charge is 2.13. The maximum atomic E-state index is 11.8. The van der Waals surface area contributed by atoms with E-state index in [2.05, 4.69) is 10.6 Å². The Morgan fingerprint density at radius 1 is 1.38 bits per heavy atom.